The first-order valence-corrected chi connectivity index (χ1v) is 3.27. The Balaban J connectivity index is 2.30. The third kappa shape index (κ3) is 1.01. The highest BCUT2D eigenvalue weighted by Crippen LogP contribution is 2.15. The van der Waals surface area contributed by atoms with Crippen LogP contribution in [-0.4, -0.2) is 19.1 Å². The lowest BCUT2D eigenvalue weighted by Gasteiger charge is -2.12. The molecule has 1 fully saturated rings. The maximum atomic E-state index is 5.73. The molecule has 0 aromatic carbocycles. The van der Waals surface area contributed by atoms with Crippen LogP contribution >= 0.6 is 0 Å². The van der Waals surface area contributed by atoms with Gasteiger partial charge in [-0.2, -0.15) is 0 Å². The fourth-order valence-corrected chi connectivity index (χ4v) is 1.35. The number of hydrogen-bond acceptors (Lipinski definition) is 2. The first-order valence-electron chi connectivity index (χ1n) is 3.27. The van der Waals surface area contributed by atoms with Crippen LogP contribution in [0.5, 0.6) is 0 Å². The zero-order valence-corrected chi connectivity index (χ0v) is 5.35. The minimum atomic E-state index is 0.417. The third-order valence-electron chi connectivity index (χ3n) is 1.94. The highest BCUT2D eigenvalue weighted by molar-refractivity contribution is 4.84. The fourth-order valence-electron chi connectivity index (χ4n) is 1.35. The van der Waals surface area contributed by atoms with Crippen LogP contribution in [-0.2, 0) is 0 Å². The van der Waals surface area contributed by atoms with Crippen LogP contribution < -0.4 is 11.1 Å². The smallest absolute Gasteiger partial charge is 0.0216 e. The summed E-state index contributed by atoms with van der Waals surface area (Å²) in [6.45, 7) is 0. The van der Waals surface area contributed by atoms with E-state index in [0.717, 1.165) is 0 Å². The van der Waals surface area contributed by atoms with Crippen LogP contribution in [0.2, 0.25) is 0 Å². The molecule has 0 amide bonds. The summed E-state index contributed by atoms with van der Waals surface area (Å²) in [6.07, 6.45) is 3.76. The van der Waals surface area contributed by atoms with Gasteiger partial charge in [0.1, 0.15) is 0 Å². The van der Waals surface area contributed by atoms with E-state index in [1.807, 2.05) is 7.05 Å². The van der Waals surface area contributed by atoms with Crippen LogP contribution in [0.4, 0.5) is 0 Å². The lowest BCUT2D eigenvalue weighted by molar-refractivity contribution is 0.518. The molecule has 0 aromatic rings. The fraction of sp³-hybridized carbons (Fsp3) is 1.00. The van der Waals surface area contributed by atoms with Gasteiger partial charge in [0.25, 0.3) is 0 Å². The largest absolute Gasteiger partial charge is 0.326 e. The molecule has 0 spiro atoms. The predicted octanol–water partition coefficient (Wildman–Crippen LogP) is 0.0856. The third-order valence-corrected chi connectivity index (χ3v) is 1.94. The second-order valence-corrected chi connectivity index (χ2v) is 2.49. The van der Waals surface area contributed by atoms with Crippen LogP contribution in [0.3, 0.4) is 0 Å². The van der Waals surface area contributed by atoms with Gasteiger partial charge < -0.3 is 11.1 Å². The number of nitrogens with two attached hydrogens (primary N) is 1. The Labute approximate surface area is 50.4 Å². The average molecular weight is 114 g/mol. The Hall–Kier alpha value is -0.0800. The topological polar surface area (TPSA) is 38.0 Å². The molecule has 2 atom stereocenters. The zero-order valence-electron chi connectivity index (χ0n) is 5.35. The van der Waals surface area contributed by atoms with Crippen molar-refractivity contribution in [3.8, 4) is 0 Å². The van der Waals surface area contributed by atoms with Gasteiger partial charge in [0.05, 0.1) is 0 Å². The van der Waals surface area contributed by atoms with Crippen LogP contribution in [0.1, 0.15) is 19.3 Å². The van der Waals surface area contributed by atoms with E-state index in [9.17, 15) is 0 Å². The predicted molar refractivity (Wildman–Crippen MR) is 34.7 cm³/mol. The average Bonchev–Trinajstić information content (AvgIpc) is 2.14. The van der Waals surface area contributed by atoms with Crippen LogP contribution in [0, 0.1) is 0 Å². The molecule has 0 unspecified atom stereocenters. The van der Waals surface area contributed by atoms with Crippen molar-refractivity contribution in [2.75, 3.05) is 7.05 Å². The first-order chi connectivity index (χ1) is 3.84. The second kappa shape index (κ2) is 2.46. The quantitative estimate of drug-likeness (QED) is 0.507. The minimum absolute atomic E-state index is 0.417. The monoisotopic (exact) mass is 114 g/mol. The van der Waals surface area contributed by atoms with Crippen molar-refractivity contribution in [1.82, 2.24) is 5.32 Å². The number of hydrogen-bond donors (Lipinski definition) is 2. The van der Waals surface area contributed by atoms with Gasteiger partial charge in [0.15, 0.2) is 0 Å². The Morgan fingerprint density at radius 3 is 2.50 bits per heavy atom. The summed E-state index contributed by atoms with van der Waals surface area (Å²) in [7, 11) is 1.98. The molecule has 1 rings (SSSR count). The number of rotatable bonds is 1. The van der Waals surface area contributed by atoms with Crippen LogP contribution in [0.15, 0.2) is 0 Å². The van der Waals surface area contributed by atoms with Gasteiger partial charge in [-0.25, -0.2) is 0 Å². The molecule has 1 aliphatic rings. The number of nitrogens with one attached hydrogen (secondary N) is 1. The Morgan fingerprint density at radius 1 is 1.50 bits per heavy atom. The summed E-state index contributed by atoms with van der Waals surface area (Å²) < 4.78 is 0. The van der Waals surface area contributed by atoms with Crippen molar-refractivity contribution in [3.05, 3.63) is 0 Å². The standard InChI is InChI=1S/C6H14N2/c1-8-6-4-2-3-5(6)7/h5-6,8H,2-4,7H2,1H3/t5-,6-/m0/s1. The molecule has 0 radical (unpaired) electrons. The first kappa shape index (κ1) is 6.05. The maximum Gasteiger partial charge on any atom is 0.0216 e. The summed E-state index contributed by atoms with van der Waals surface area (Å²) in [5, 5.41) is 3.19. The van der Waals surface area contributed by atoms with E-state index < -0.39 is 0 Å². The number of likely N-dealkylation sites (N-methyl/N-ethyl adjacent to an activating group) is 1. The van der Waals surface area contributed by atoms with Gasteiger partial charge in [0, 0.05) is 12.1 Å². The van der Waals surface area contributed by atoms with Crippen molar-refractivity contribution in [2.45, 2.75) is 31.3 Å². The van der Waals surface area contributed by atoms with Gasteiger partial charge in [-0.3, -0.25) is 0 Å². The van der Waals surface area contributed by atoms with Crippen molar-refractivity contribution in [3.63, 3.8) is 0 Å². The molecular formula is C6H14N2. The van der Waals surface area contributed by atoms with E-state index in [1.54, 1.807) is 0 Å². The van der Waals surface area contributed by atoms with E-state index in [-0.39, 0.29) is 0 Å². The lowest BCUT2D eigenvalue weighted by Crippen LogP contribution is -2.38. The summed E-state index contributed by atoms with van der Waals surface area (Å²) >= 11 is 0. The molecule has 0 aromatic heterocycles. The van der Waals surface area contributed by atoms with Gasteiger partial charge >= 0.3 is 0 Å². The molecule has 2 heteroatoms. The molecule has 1 aliphatic carbocycles. The van der Waals surface area contributed by atoms with Gasteiger partial charge in [-0.15, -0.1) is 0 Å². The Kier molecular flexibility index (Phi) is 1.86. The summed E-state index contributed by atoms with van der Waals surface area (Å²) in [6, 6.07) is 1.01. The molecule has 48 valence electrons. The Bertz CT molecular complexity index is 72.9. The van der Waals surface area contributed by atoms with Gasteiger partial charge in [-0.1, -0.05) is 6.42 Å². The van der Waals surface area contributed by atoms with E-state index in [1.165, 1.54) is 19.3 Å². The molecule has 0 heterocycles. The van der Waals surface area contributed by atoms with E-state index >= 15 is 0 Å². The highest BCUT2D eigenvalue weighted by atomic mass is 14.9. The lowest BCUT2D eigenvalue weighted by atomic mass is 10.2. The Morgan fingerprint density at radius 2 is 2.25 bits per heavy atom. The molecule has 0 aliphatic heterocycles. The molecule has 2 nitrogen and oxygen atoms in total. The van der Waals surface area contributed by atoms with E-state index in [0.29, 0.717) is 12.1 Å². The second-order valence-electron chi connectivity index (χ2n) is 2.49. The molecule has 1 saturated carbocycles. The van der Waals surface area contributed by atoms with Gasteiger partial charge in [-0.05, 0) is 19.9 Å². The minimum Gasteiger partial charge on any atom is -0.326 e. The summed E-state index contributed by atoms with van der Waals surface area (Å²) in [4.78, 5) is 0. The normalized spacial score (nSPS) is 38.2. The molecular weight excluding hydrogens is 100 g/mol. The highest BCUT2D eigenvalue weighted by Gasteiger charge is 2.21. The van der Waals surface area contributed by atoms with Gasteiger partial charge in [0.2, 0.25) is 0 Å². The molecule has 0 saturated heterocycles. The van der Waals surface area contributed by atoms with Crippen molar-refractivity contribution in [1.29, 1.82) is 0 Å². The van der Waals surface area contributed by atoms with Crippen LogP contribution in [0.25, 0.3) is 0 Å². The molecule has 3 N–H and O–H groups in total. The van der Waals surface area contributed by atoms with E-state index in [4.69, 9.17) is 5.73 Å². The summed E-state index contributed by atoms with van der Waals surface area (Å²) in [5.74, 6) is 0. The SMILES string of the molecule is CN[C@H]1CCC[C@@H]1N. The van der Waals surface area contributed by atoms with Crippen molar-refractivity contribution >= 4 is 0 Å². The van der Waals surface area contributed by atoms with Crippen molar-refractivity contribution < 1.29 is 0 Å². The zero-order chi connectivity index (χ0) is 5.98. The molecule has 8 heavy (non-hydrogen) atoms. The molecule has 0 bridgehead atoms. The van der Waals surface area contributed by atoms with Crippen molar-refractivity contribution in [2.24, 2.45) is 5.73 Å². The maximum absolute atomic E-state index is 5.73. The summed E-state index contributed by atoms with van der Waals surface area (Å²) in [5.41, 5.74) is 5.73. The van der Waals surface area contributed by atoms with E-state index in [2.05, 4.69) is 5.32 Å².